The largest absolute Gasteiger partial charge is 0.493 e. The molecule has 1 heterocycles. The number of unbranched alkanes of at least 4 members (excludes halogenated alkanes) is 1. The highest BCUT2D eigenvalue weighted by atomic mass is 19.1. The van der Waals surface area contributed by atoms with E-state index in [9.17, 15) is 19.3 Å². The molecule has 2 aromatic carbocycles. The molecule has 168 valence electrons. The van der Waals surface area contributed by atoms with Gasteiger partial charge in [-0.05, 0) is 30.7 Å². The molecule has 0 unspecified atom stereocenters. The van der Waals surface area contributed by atoms with Crippen LogP contribution in [0.25, 0.3) is 22.6 Å². The third-order valence-corrected chi connectivity index (χ3v) is 4.80. The maximum Gasteiger partial charge on any atom is 0.284 e. The van der Waals surface area contributed by atoms with Gasteiger partial charge in [0.05, 0.1) is 25.2 Å². The Morgan fingerprint density at radius 3 is 2.44 bits per heavy atom. The molecule has 10 heteroatoms. The zero-order valence-electron chi connectivity index (χ0n) is 17.8. The van der Waals surface area contributed by atoms with Crippen LogP contribution >= 0.6 is 0 Å². The molecule has 0 fully saturated rings. The van der Waals surface area contributed by atoms with Crippen LogP contribution in [0.1, 0.15) is 30.1 Å². The standard InChI is InChI=1S/C22H22FN3O6/c1-4-5-10-24-22(27)19-20(13-6-8-14(23)9-7-13)25-32-21(19)15-11-17(30-2)18(31-3)12-16(15)26(28)29/h6-9,11-12H,4-5,10H2,1-3H3,(H,24,27). The van der Waals surface area contributed by atoms with Gasteiger partial charge in [0.25, 0.3) is 11.6 Å². The van der Waals surface area contributed by atoms with E-state index < -0.39 is 16.6 Å². The molecular formula is C22H22FN3O6. The number of methoxy groups -OCH3 is 2. The van der Waals surface area contributed by atoms with Gasteiger partial charge in [-0.1, -0.05) is 18.5 Å². The average molecular weight is 443 g/mol. The maximum absolute atomic E-state index is 13.4. The number of carbonyl (C=O) groups excluding carboxylic acids is 1. The monoisotopic (exact) mass is 443 g/mol. The minimum absolute atomic E-state index is 0.00281. The van der Waals surface area contributed by atoms with E-state index >= 15 is 0 Å². The zero-order chi connectivity index (χ0) is 23.3. The van der Waals surface area contributed by atoms with Gasteiger partial charge >= 0.3 is 0 Å². The molecule has 0 atom stereocenters. The minimum atomic E-state index is -0.615. The number of carbonyl (C=O) groups is 1. The summed E-state index contributed by atoms with van der Waals surface area (Å²) in [5, 5.41) is 18.5. The molecule has 1 N–H and O–H groups in total. The fourth-order valence-electron chi connectivity index (χ4n) is 3.16. The Kier molecular flexibility index (Phi) is 7.04. The quantitative estimate of drug-likeness (QED) is 0.292. The number of nitro groups is 1. The van der Waals surface area contributed by atoms with Crippen molar-refractivity contribution in [2.75, 3.05) is 20.8 Å². The third-order valence-electron chi connectivity index (χ3n) is 4.80. The van der Waals surface area contributed by atoms with Gasteiger partial charge < -0.3 is 19.3 Å². The number of hydrogen-bond acceptors (Lipinski definition) is 7. The van der Waals surface area contributed by atoms with E-state index in [0.29, 0.717) is 12.1 Å². The number of benzene rings is 2. The maximum atomic E-state index is 13.4. The first-order valence-electron chi connectivity index (χ1n) is 9.85. The first-order valence-corrected chi connectivity index (χ1v) is 9.85. The van der Waals surface area contributed by atoms with Gasteiger partial charge in [0.2, 0.25) is 0 Å². The van der Waals surface area contributed by atoms with E-state index in [4.69, 9.17) is 14.0 Å². The molecule has 0 radical (unpaired) electrons. The molecule has 0 saturated carbocycles. The predicted octanol–water partition coefficient (Wildman–Crippen LogP) is 4.60. The Balaban J connectivity index is 2.23. The predicted molar refractivity (Wildman–Crippen MR) is 114 cm³/mol. The van der Waals surface area contributed by atoms with Crippen molar-refractivity contribution in [3.63, 3.8) is 0 Å². The molecule has 3 rings (SSSR count). The topological polar surface area (TPSA) is 117 Å². The number of nitrogens with one attached hydrogen (secondary N) is 1. The van der Waals surface area contributed by atoms with Crippen LogP contribution in [-0.4, -0.2) is 36.8 Å². The van der Waals surface area contributed by atoms with E-state index in [1.54, 1.807) is 0 Å². The van der Waals surface area contributed by atoms with Gasteiger partial charge in [-0.25, -0.2) is 4.39 Å². The van der Waals surface area contributed by atoms with Crippen molar-refractivity contribution in [2.45, 2.75) is 19.8 Å². The number of hydrogen-bond donors (Lipinski definition) is 1. The van der Waals surface area contributed by atoms with Gasteiger partial charge in [0.15, 0.2) is 17.3 Å². The summed E-state index contributed by atoms with van der Waals surface area (Å²) >= 11 is 0. The number of rotatable bonds is 9. The highest BCUT2D eigenvalue weighted by Crippen LogP contribution is 2.42. The second kappa shape index (κ2) is 9.90. The molecule has 3 aromatic rings. The Morgan fingerprint density at radius 1 is 1.19 bits per heavy atom. The van der Waals surface area contributed by atoms with Crippen molar-refractivity contribution < 1.29 is 28.1 Å². The molecule has 0 aliphatic heterocycles. The van der Waals surface area contributed by atoms with Crippen molar-refractivity contribution >= 4 is 11.6 Å². The summed E-state index contributed by atoms with van der Waals surface area (Å²) in [6, 6.07) is 7.88. The lowest BCUT2D eigenvalue weighted by atomic mass is 10.00. The summed E-state index contributed by atoms with van der Waals surface area (Å²) in [5.41, 5.74) is 0.201. The van der Waals surface area contributed by atoms with Gasteiger partial charge in [-0.2, -0.15) is 0 Å². The van der Waals surface area contributed by atoms with Crippen LogP contribution in [0.5, 0.6) is 11.5 Å². The summed E-state index contributed by atoms with van der Waals surface area (Å²) < 4.78 is 29.3. The lowest BCUT2D eigenvalue weighted by Crippen LogP contribution is -2.25. The normalized spacial score (nSPS) is 10.6. The van der Waals surface area contributed by atoms with E-state index in [0.717, 1.165) is 12.8 Å². The number of ether oxygens (including phenoxy) is 2. The lowest BCUT2D eigenvalue weighted by molar-refractivity contribution is -0.384. The first kappa shape index (κ1) is 22.7. The Labute approximate surface area is 183 Å². The van der Waals surface area contributed by atoms with Crippen molar-refractivity contribution in [1.29, 1.82) is 0 Å². The molecule has 0 saturated heterocycles. The van der Waals surface area contributed by atoms with E-state index in [1.165, 1.54) is 50.6 Å². The van der Waals surface area contributed by atoms with Gasteiger partial charge in [-0.15, -0.1) is 0 Å². The highest BCUT2D eigenvalue weighted by molar-refractivity contribution is 6.05. The summed E-state index contributed by atoms with van der Waals surface area (Å²) in [6.45, 7) is 2.38. The van der Waals surface area contributed by atoms with Gasteiger partial charge in [0.1, 0.15) is 22.6 Å². The van der Waals surface area contributed by atoms with Crippen LogP contribution in [-0.2, 0) is 0 Å². The number of amides is 1. The zero-order valence-corrected chi connectivity index (χ0v) is 17.8. The molecule has 9 nitrogen and oxygen atoms in total. The first-order chi connectivity index (χ1) is 15.4. The summed E-state index contributed by atoms with van der Waals surface area (Å²) in [7, 11) is 2.74. The number of aromatic nitrogens is 1. The van der Waals surface area contributed by atoms with Crippen molar-refractivity contribution in [2.24, 2.45) is 0 Å². The van der Waals surface area contributed by atoms with Crippen LogP contribution in [0.3, 0.4) is 0 Å². The third kappa shape index (κ3) is 4.53. The number of nitro benzene ring substituents is 1. The molecule has 0 aliphatic rings. The molecule has 0 bridgehead atoms. The van der Waals surface area contributed by atoms with Gasteiger partial charge in [0, 0.05) is 18.2 Å². The summed E-state index contributed by atoms with van der Waals surface area (Å²) in [4.78, 5) is 24.2. The van der Waals surface area contributed by atoms with Crippen molar-refractivity contribution in [3.8, 4) is 34.1 Å². The molecule has 1 amide bonds. The van der Waals surface area contributed by atoms with E-state index in [2.05, 4.69) is 10.5 Å². The van der Waals surface area contributed by atoms with E-state index in [-0.39, 0.29) is 39.8 Å². The average Bonchev–Trinajstić information content (AvgIpc) is 3.23. The lowest BCUT2D eigenvalue weighted by Gasteiger charge is -2.10. The Bertz CT molecular complexity index is 1130. The molecule has 32 heavy (non-hydrogen) atoms. The fourth-order valence-corrected chi connectivity index (χ4v) is 3.16. The van der Waals surface area contributed by atoms with Crippen LogP contribution in [0.15, 0.2) is 40.9 Å². The van der Waals surface area contributed by atoms with Crippen molar-refractivity contribution in [3.05, 3.63) is 57.9 Å². The fraction of sp³-hybridized carbons (Fsp3) is 0.273. The summed E-state index contributed by atoms with van der Waals surface area (Å²) in [5.74, 6) is -0.716. The SMILES string of the molecule is CCCCNC(=O)c1c(-c2ccc(F)cc2)noc1-c1cc(OC)c(OC)cc1[N+](=O)[O-]. The van der Waals surface area contributed by atoms with Crippen molar-refractivity contribution in [1.82, 2.24) is 10.5 Å². The Morgan fingerprint density at radius 2 is 1.84 bits per heavy atom. The number of nitrogens with zero attached hydrogens (tertiary/aromatic N) is 2. The second-order valence-corrected chi connectivity index (χ2v) is 6.83. The Hall–Kier alpha value is -3.95. The molecule has 0 spiro atoms. The molecule has 1 aromatic heterocycles. The molecule has 0 aliphatic carbocycles. The highest BCUT2D eigenvalue weighted by Gasteiger charge is 2.31. The number of halogens is 1. The smallest absolute Gasteiger partial charge is 0.284 e. The summed E-state index contributed by atoms with van der Waals surface area (Å²) in [6.07, 6.45) is 1.61. The van der Waals surface area contributed by atoms with Gasteiger partial charge in [-0.3, -0.25) is 14.9 Å². The molecular weight excluding hydrogens is 421 g/mol. The van der Waals surface area contributed by atoms with Crippen LogP contribution in [0, 0.1) is 15.9 Å². The van der Waals surface area contributed by atoms with Crippen LogP contribution in [0.4, 0.5) is 10.1 Å². The van der Waals surface area contributed by atoms with Crippen LogP contribution < -0.4 is 14.8 Å². The second-order valence-electron chi connectivity index (χ2n) is 6.83. The van der Waals surface area contributed by atoms with E-state index in [1.807, 2.05) is 6.92 Å². The van der Waals surface area contributed by atoms with Crippen LogP contribution in [0.2, 0.25) is 0 Å². The minimum Gasteiger partial charge on any atom is -0.493 e.